The van der Waals surface area contributed by atoms with E-state index in [9.17, 15) is 0 Å². The summed E-state index contributed by atoms with van der Waals surface area (Å²) >= 11 is 0. The summed E-state index contributed by atoms with van der Waals surface area (Å²) in [6.07, 6.45) is 4.07. The molecule has 1 fully saturated rings. The molecule has 1 saturated heterocycles. The van der Waals surface area contributed by atoms with Crippen molar-refractivity contribution < 1.29 is 0 Å². The average Bonchev–Trinajstić information content (AvgIpc) is 2.98. The van der Waals surface area contributed by atoms with E-state index in [-0.39, 0.29) is 0 Å². The van der Waals surface area contributed by atoms with Gasteiger partial charge in [-0.15, -0.1) is 0 Å². The molecule has 0 saturated carbocycles. The van der Waals surface area contributed by atoms with Crippen molar-refractivity contribution >= 4 is 5.69 Å². The van der Waals surface area contributed by atoms with Crippen LogP contribution in [0, 0.1) is 0 Å². The maximum absolute atomic E-state index is 6.03. The Labute approximate surface area is 110 Å². The van der Waals surface area contributed by atoms with Crippen LogP contribution in [0.5, 0.6) is 0 Å². The summed E-state index contributed by atoms with van der Waals surface area (Å²) < 4.78 is 0. The molecule has 3 nitrogen and oxygen atoms in total. The first-order valence-corrected chi connectivity index (χ1v) is 7.14. The monoisotopic (exact) mass is 245 g/mol. The van der Waals surface area contributed by atoms with Crippen LogP contribution < -0.4 is 5.73 Å². The van der Waals surface area contributed by atoms with Gasteiger partial charge in [-0.2, -0.15) is 0 Å². The van der Waals surface area contributed by atoms with Gasteiger partial charge < -0.3 is 10.6 Å². The Hall–Kier alpha value is -1.06. The number of anilines is 1. The number of nitrogen functional groups attached to an aromatic ring is 1. The van der Waals surface area contributed by atoms with Crippen molar-refractivity contribution in [3.05, 3.63) is 29.3 Å². The number of rotatable bonds is 4. The van der Waals surface area contributed by atoms with Gasteiger partial charge >= 0.3 is 0 Å². The first kappa shape index (κ1) is 12.0. The highest BCUT2D eigenvalue weighted by atomic mass is 15.2. The van der Waals surface area contributed by atoms with Crippen molar-refractivity contribution in [1.29, 1.82) is 0 Å². The molecule has 1 aromatic carbocycles. The normalized spacial score (nSPS) is 20.4. The van der Waals surface area contributed by atoms with Crippen LogP contribution in [0.25, 0.3) is 0 Å². The largest absolute Gasteiger partial charge is 0.398 e. The molecule has 2 aliphatic rings. The Balaban J connectivity index is 1.47. The number of hydrogen-bond acceptors (Lipinski definition) is 3. The van der Waals surface area contributed by atoms with Gasteiger partial charge in [-0.1, -0.05) is 12.1 Å². The summed E-state index contributed by atoms with van der Waals surface area (Å²) in [5, 5.41) is 0. The van der Waals surface area contributed by atoms with Crippen LogP contribution in [-0.4, -0.2) is 36.0 Å². The summed E-state index contributed by atoms with van der Waals surface area (Å²) in [4.78, 5) is 5.12. The van der Waals surface area contributed by atoms with Gasteiger partial charge in [0.2, 0.25) is 0 Å². The van der Waals surface area contributed by atoms with Crippen LogP contribution >= 0.6 is 0 Å². The Kier molecular flexibility index (Phi) is 3.52. The lowest BCUT2D eigenvalue weighted by molar-refractivity contribution is 0.250. The lowest BCUT2D eigenvalue weighted by Crippen LogP contribution is -2.25. The molecule has 2 aliphatic heterocycles. The van der Waals surface area contributed by atoms with Gasteiger partial charge in [0.05, 0.1) is 0 Å². The first-order chi connectivity index (χ1) is 8.83. The smallest absolute Gasteiger partial charge is 0.0363 e. The second-order valence-corrected chi connectivity index (χ2v) is 5.60. The summed E-state index contributed by atoms with van der Waals surface area (Å²) in [6.45, 7) is 7.22. The second kappa shape index (κ2) is 5.29. The van der Waals surface area contributed by atoms with E-state index in [1.54, 1.807) is 0 Å². The van der Waals surface area contributed by atoms with Gasteiger partial charge in [0.25, 0.3) is 0 Å². The zero-order valence-electron chi connectivity index (χ0n) is 11.1. The standard InChI is InChI=1S/C15H23N3/c16-15-6-3-5-13-11-18(12-14(13)15)10-4-9-17-7-1-2-8-17/h3,5-6H,1-2,4,7-12,16H2. The molecular formula is C15H23N3. The highest BCUT2D eigenvalue weighted by molar-refractivity contribution is 5.52. The molecule has 0 amide bonds. The van der Waals surface area contributed by atoms with E-state index >= 15 is 0 Å². The molecular weight excluding hydrogens is 222 g/mol. The number of fused-ring (bicyclic) bond motifs is 1. The van der Waals surface area contributed by atoms with E-state index in [0.29, 0.717) is 0 Å². The Morgan fingerprint density at radius 2 is 1.78 bits per heavy atom. The molecule has 3 heteroatoms. The summed E-state index contributed by atoms with van der Waals surface area (Å²) in [7, 11) is 0. The van der Waals surface area contributed by atoms with Crippen molar-refractivity contribution in [3.8, 4) is 0 Å². The zero-order valence-corrected chi connectivity index (χ0v) is 11.1. The third-order valence-electron chi connectivity index (χ3n) is 4.23. The highest BCUT2D eigenvalue weighted by Crippen LogP contribution is 2.27. The van der Waals surface area contributed by atoms with Crippen molar-refractivity contribution in [2.45, 2.75) is 32.4 Å². The van der Waals surface area contributed by atoms with Gasteiger partial charge in [0.15, 0.2) is 0 Å². The van der Waals surface area contributed by atoms with Crippen molar-refractivity contribution in [2.24, 2.45) is 0 Å². The highest BCUT2D eigenvalue weighted by Gasteiger charge is 2.20. The quantitative estimate of drug-likeness (QED) is 0.824. The SMILES string of the molecule is Nc1cccc2c1CN(CCCN1CCCC1)C2. The minimum absolute atomic E-state index is 0.967. The fourth-order valence-electron chi connectivity index (χ4n) is 3.20. The van der Waals surface area contributed by atoms with Gasteiger partial charge in [-0.3, -0.25) is 4.90 Å². The average molecular weight is 245 g/mol. The van der Waals surface area contributed by atoms with Gasteiger partial charge in [-0.05, 0) is 56.1 Å². The first-order valence-electron chi connectivity index (χ1n) is 7.14. The molecule has 18 heavy (non-hydrogen) atoms. The van der Waals surface area contributed by atoms with Crippen LogP contribution in [0.2, 0.25) is 0 Å². The molecule has 3 rings (SSSR count). The van der Waals surface area contributed by atoms with Crippen molar-refractivity contribution in [2.75, 3.05) is 31.9 Å². The molecule has 1 aromatic rings. The van der Waals surface area contributed by atoms with E-state index in [1.807, 2.05) is 6.07 Å². The zero-order chi connectivity index (χ0) is 12.4. The summed E-state index contributed by atoms with van der Waals surface area (Å²) in [5.74, 6) is 0. The molecule has 98 valence electrons. The molecule has 0 aliphatic carbocycles. The van der Waals surface area contributed by atoms with Crippen molar-refractivity contribution in [1.82, 2.24) is 9.80 Å². The topological polar surface area (TPSA) is 32.5 Å². The number of benzene rings is 1. The van der Waals surface area contributed by atoms with E-state index in [1.165, 1.54) is 56.6 Å². The van der Waals surface area contributed by atoms with Gasteiger partial charge in [0.1, 0.15) is 0 Å². The maximum atomic E-state index is 6.03. The van der Waals surface area contributed by atoms with Crippen LogP contribution in [0.4, 0.5) is 5.69 Å². The predicted octanol–water partition coefficient (Wildman–Crippen LogP) is 2.07. The molecule has 0 aromatic heterocycles. The van der Waals surface area contributed by atoms with E-state index in [4.69, 9.17) is 5.73 Å². The van der Waals surface area contributed by atoms with E-state index in [0.717, 1.165) is 18.8 Å². The minimum atomic E-state index is 0.967. The van der Waals surface area contributed by atoms with E-state index < -0.39 is 0 Å². The second-order valence-electron chi connectivity index (χ2n) is 5.60. The molecule has 2 heterocycles. The molecule has 0 bridgehead atoms. The predicted molar refractivity (Wildman–Crippen MR) is 75.3 cm³/mol. The van der Waals surface area contributed by atoms with Crippen LogP contribution in [0.15, 0.2) is 18.2 Å². The van der Waals surface area contributed by atoms with Gasteiger partial charge in [-0.25, -0.2) is 0 Å². The lowest BCUT2D eigenvalue weighted by Gasteiger charge is -2.18. The van der Waals surface area contributed by atoms with Crippen molar-refractivity contribution in [3.63, 3.8) is 0 Å². The Morgan fingerprint density at radius 1 is 1.00 bits per heavy atom. The Bertz CT molecular complexity index is 410. The third-order valence-corrected chi connectivity index (χ3v) is 4.23. The summed E-state index contributed by atoms with van der Waals surface area (Å²) in [6, 6.07) is 6.31. The van der Waals surface area contributed by atoms with Crippen LogP contribution in [-0.2, 0) is 13.1 Å². The molecule has 0 unspecified atom stereocenters. The number of nitrogens with zero attached hydrogens (tertiary/aromatic N) is 2. The maximum Gasteiger partial charge on any atom is 0.0363 e. The fraction of sp³-hybridized carbons (Fsp3) is 0.600. The lowest BCUT2D eigenvalue weighted by atomic mass is 10.1. The summed E-state index contributed by atoms with van der Waals surface area (Å²) in [5.41, 5.74) is 9.78. The third kappa shape index (κ3) is 2.52. The number of hydrogen-bond donors (Lipinski definition) is 1. The molecule has 2 N–H and O–H groups in total. The number of nitrogens with two attached hydrogens (primary N) is 1. The molecule has 0 atom stereocenters. The van der Waals surface area contributed by atoms with Gasteiger partial charge in [0, 0.05) is 25.3 Å². The molecule has 0 radical (unpaired) electrons. The number of likely N-dealkylation sites (tertiary alicyclic amines) is 1. The fourth-order valence-corrected chi connectivity index (χ4v) is 3.20. The Morgan fingerprint density at radius 3 is 2.56 bits per heavy atom. The van der Waals surface area contributed by atoms with E-state index in [2.05, 4.69) is 21.9 Å². The minimum Gasteiger partial charge on any atom is -0.398 e. The van der Waals surface area contributed by atoms with Crippen LogP contribution in [0.3, 0.4) is 0 Å². The van der Waals surface area contributed by atoms with Crippen LogP contribution in [0.1, 0.15) is 30.4 Å². The molecule has 0 spiro atoms.